The van der Waals surface area contributed by atoms with E-state index in [-0.39, 0.29) is 29.9 Å². The van der Waals surface area contributed by atoms with Crippen molar-refractivity contribution in [3.05, 3.63) is 59.1 Å². The summed E-state index contributed by atoms with van der Waals surface area (Å²) in [6, 6.07) is 14.9. The molecule has 2 aromatic rings. The first-order valence-corrected chi connectivity index (χ1v) is 8.64. The number of benzene rings is 2. The lowest BCUT2D eigenvalue weighted by molar-refractivity contribution is -0.114. The highest BCUT2D eigenvalue weighted by Gasteiger charge is 2.01. The summed E-state index contributed by atoms with van der Waals surface area (Å²) in [6.07, 6.45) is 0. The third-order valence-electron chi connectivity index (χ3n) is 3.41. The third-order valence-corrected chi connectivity index (χ3v) is 3.67. The highest BCUT2D eigenvalue weighted by molar-refractivity contribution is 14.0. The number of hydrogen-bond donors (Lipinski definition) is 3. The maximum absolute atomic E-state index is 11.1. The van der Waals surface area contributed by atoms with E-state index in [0.29, 0.717) is 37.1 Å². The number of aliphatic imine (C=N–C) groups is 1. The van der Waals surface area contributed by atoms with Crippen LogP contribution in [0, 0.1) is 0 Å². The average Bonchev–Trinajstić information content (AvgIpc) is 2.62. The molecule has 0 radical (unpaired) electrons. The van der Waals surface area contributed by atoms with Crippen molar-refractivity contribution < 1.29 is 9.53 Å². The molecule has 0 saturated heterocycles. The molecule has 0 fully saturated rings. The smallest absolute Gasteiger partial charge is 0.221 e. The Morgan fingerprint density at radius 3 is 2.56 bits per heavy atom. The molecule has 1 amide bonds. The van der Waals surface area contributed by atoms with Crippen LogP contribution in [-0.4, -0.2) is 32.1 Å². The van der Waals surface area contributed by atoms with E-state index >= 15 is 0 Å². The topological polar surface area (TPSA) is 74.8 Å². The Labute approximate surface area is 181 Å². The van der Waals surface area contributed by atoms with Crippen LogP contribution in [0.25, 0.3) is 0 Å². The van der Waals surface area contributed by atoms with E-state index < -0.39 is 0 Å². The van der Waals surface area contributed by atoms with Crippen molar-refractivity contribution in [2.24, 2.45) is 4.99 Å². The molecule has 0 bridgehead atoms. The molecule has 2 aromatic carbocycles. The minimum atomic E-state index is -0.112. The van der Waals surface area contributed by atoms with Crippen LogP contribution >= 0.6 is 35.6 Å². The summed E-state index contributed by atoms with van der Waals surface area (Å²) in [4.78, 5) is 15.3. The number of rotatable bonds is 7. The van der Waals surface area contributed by atoms with Crippen molar-refractivity contribution >= 4 is 53.1 Å². The van der Waals surface area contributed by atoms with E-state index in [2.05, 4.69) is 20.9 Å². The Hall–Kier alpha value is -2.00. The van der Waals surface area contributed by atoms with Crippen LogP contribution in [0.4, 0.5) is 5.69 Å². The van der Waals surface area contributed by atoms with Crippen molar-refractivity contribution in [1.82, 2.24) is 10.6 Å². The zero-order valence-electron chi connectivity index (χ0n) is 15.3. The Bertz CT molecular complexity index is 754. The number of anilines is 1. The summed E-state index contributed by atoms with van der Waals surface area (Å²) in [7, 11) is 1.72. The van der Waals surface area contributed by atoms with Gasteiger partial charge in [0.05, 0.1) is 6.54 Å². The van der Waals surface area contributed by atoms with Gasteiger partial charge < -0.3 is 20.7 Å². The number of carbonyl (C=O) groups is 1. The van der Waals surface area contributed by atoms with Crippen LogP contribution < -0.4 is 20.7 Å². The number of carbonyl (C=O) groups excluding carboxylic acids is 1. The van der Waals surface area contributed by atoms with E-state index in [0.717, 1.165) is 10.6 Å². The lowest BCUT2D eigenvalue weighted by Crippen LogP contribution is -2.38. The Morgan fingerprint density at radius 2 is 1.89 bits per heavy atom. The van der Waals surface area contributed by atoms with Crippen LogP contribution in [0.1, 0.15) is 12.5 Å². The van der Waals surface area contributed by atoms with Crippen LogP contribution in [0.2, 0.25) is 5.02 Å². The van der Waals surface area contributed by atoms with E-state index in [1.165, 1.54) is 6.92 Å². The van der Waals surface area contributed by atoms with Crippen molar-refractivity contribution in [2.45, 2.75) is 13.5 Å². The van der Waals surface area contributed by atoms with Crippen LogP contribution in [0.5, 0.6) is 5.75 Å². The number of halogens is 2. The molecule has 0 unspecified atom stereocenters. The van der Waals surface area contributed by atoms with Crippen molar-refractivity contribution in [1.29, 1.82) is 0 Å². The van der Waals surface area contributed by atoms with Crippen molar-refractivity contribution in [3.63, 3.8) is 0 Å². The van der Waals surface area contributed by atoms with Gasteiger partial charge in [-0.25, -0.2) is 0 Å². The maximum atomic E-state index is 11.1. The van der Waals surface area contributed by atoms with Gasteiger partial charge in [0, 0.05) is 37.3 Å². The molecule has 0 aliphatic rings. The molecule has 0 saturated carbocycles. The maximum Gasteiger partial charge on any atom is 0.221 e. The predicted molar refractivity (Wildman–Crippen MR) is 121 cm³/mol. The molecule has 0 aromatic heterocycles. The van der Waals surface area contributed by atoms with Gasteiger partial charge in [0.2, 0.25) is 5.91 Å². The lowest BCUT2D eigenvalue weighted by Gasteiger charge is -2.13. The fraction of sp³-hybridized carbons (Fsp3) is 0.263. The first kappa shape index (κ1) is 23.0. The summed E-state index contributed by atoms with van der Waals surface area (Å²) in [5.74, 6) is 1.28. The highest BCUT2D eigenvalue weighted by Crippen LogP contribution is 2.17. The number of nitrogens with one attached hydrogen (secondary N) is 3. The van der Waals surface area contributed by atoms with Crippen LogP contribution in [0.3, 0.4) is 0 Å². The average molecular weight is 503 g/mol. The second kappa shape index (κ2) is 12.4. The van der Waals surface area contributed by atoms with E-state index in [1.54, 1.807) is 13.1 Å². The van der Waals surface area contributed by atoms with E-state index in [9.17, 15) is 4.79 Å². The standard InChI is InChI=1S/C19H23ClN4O2.HI/c1-14(25)24-17-4-3-5-18(12-17)26-11-10-22-19(21-2)23-13-15-6-8-16(20)9-7-15;/h3-9,12H,10-11,13H2,1-2H3,(H,24,25)(H2,21,22,23);1H. The second-order valence-electron chi connectivity index (χ2n) is 5.54. The second-order valence-corrected chi connectivity index (χ2v) is 5.97. The normalized spacial score (nSPS) is 10.6. The number of nitrogens with zero attached hydrogens (tertiary/aromatic N) is 1. The Balaban J connectivity index is 0.00000364. The zero-order chi connectivity index (χ0) is 18.8. The van der Waals surface area contributed by atoms with Gasteiger partial charge in [0.1, 0.15) is 12.4 Å². The molecule has 3 N–H and O–H groups in total. The van der Waals surface area contributed by atoms with Crippen molar-refractivity contribution in [2.75, 3.05) is 25.5 Å². The number of guanidine groups is 1. The Morgan fingerprint density at radius 1 is 1.15 bits per heavy atom. The van der Waals surface area contributed by atoms with Gasteiger partial charge >= 0.3 is 0 Å². The minimum absolute atomic E-state index is 0. The Kier molecular flexibility index (Phi) is 10.6. The molecular weight excluding hydrogens is 479 g/mol. The summed E-state index contributed by atoms with van der Waals surface area (Å²) < 4.78 is 5.69. The fourth-order valence-electron chi connectivity index (χ4n) is 2.21. The summed E-state index contributed by atoms with van der Waals surface area (Å²) in [5, 5.41) is 9.86. The SMILES string of the molecule is CN=C(NCCOc1cccc(NC(C)=O)c1)NCc1ccc(Cl)cc1.I. The van der Waals surface area contributed by atoms with Gasteiger partial charge in [-0.3, -0.25) is 9.79 Å². The fourth-order valence-corrected chi connectivity index (χ4v) is 2.34. The molecular formula is C19H24ClIN4O2. The first-order chi connectivity index (χ1) is 12.6. The van der Waals surface area contributed by atoms with Gasteiger partial charge in [-0.1, -0.05) is 29.8 Å². The summed E-state index contributed by atoms with van der Waals surface area (Å²) in [6.45, 7) is 3.17. The van der Waals surface area contributed by atoms with Gasteiger partial charge in [0.25, 0.3) is 0 Å². The first-order valence-electron chi connectivity index (χ1n) is 8.26. The third kappa shape index (κ3) is 8.96. The molecule has 0 atom stereocenters. The van der Waals surface area contributed by atoms with Gasteiger partial charge in [0.15, 0.2) is 5.96 Å². The molecule has 6 nitrogen and oxygen atoms in total. The predicted octanol–water partition coefficient (Wildman–Crippen LogP) is 3.66. The number of ether oxygens (including phenoxy) is 1. The molecule has 146 valence electrons. The van der Waals surface area contributed by atoms with Crippen molar-refractivity contribution in [3.8, 4) is 5.75 Å². The van der Waals surface area contributed by atoms with Gasteiger partial charge in [-0.2, -0.15) is 0 Å². The molecule has 0 aliphatic carbocycles. The monoisotopic (exact) mass is 502 g/mol. The van der Waals surface area contributed by atoms with Crippen LogP contribution in [-0.2, 0) is 11.3 Å². The van der Waals surface area contributed by atoms with E-state index in [1.807, 2.05) is 42.5 Å². The van der Waals surface area contributed by atoms with E-state index in [4.69, 9.17) is 16.3 Å². The quantitative estimate of drug-likeness (QED) is 0.234. The highest BCUT2D eigenvalue weighted by atomic mass is 127. The minimum Gasteiger partial charge on any atom is -0.492 e. The molecule has 27 heavy (non-hydrogen) atoms. The largest absolute Gasteiger partial charge is 0.492 e. The van der Waals surface area contributed by atoms with Gasteiger partial charge in [-0.15, -0.1) is 24.0 Å². The van der Waals surface area contributed by atoms with Crippen LogP contribution in [0.15, 0.2) is 53.5 Å². The molecule has 0 heterocycles. The molecule has 0 aliphatic heterocycles. The number of amides is 1. The lowest BCUT2D eigenvalue weighted by atomic mass is 10.2. The summed E-state index contributed by atoms with van der Waals surface area (Å²) in [5.41, 5.74) is 1.83. The van der Waals surface area contributed by atoms with Gasteiger partial charge in [-0.05, 0) is 29.8 Å². The summed E-state index contributed by atoms with van der Waals surface area (Å²) >= 11 is 5.88. The molecule has 0 spiro atoms. The number of hydrogen-bond acceptors (Lipinski definition) is 3. The zero-order valence-corrected chi connectivity index (χ0v) is 18.4. The molecule has 2 rings (SSSR count). The molecule has 8 heteroatoms.